The molecule has 30 heavy (non-hydrogen) atoms. The smallest absolute Gasteiger partial charge is 0.221 e. The van der Waals surface area contributed by atoms with Crippen molar-refractivity contribution in [2.75, 3.05) is 12.4 Å². The van der Waals surface area contributed by atoms with Crippen molar-refractivity contribution in [1.29, 1.82) is 0 Å². The first-order chi connectivity index (χ1) is 14.5. The lowest BCUT2D eigenvalue weighted by atomic mass is 9.95. The number of aliphatic hydroxyl groups excluding tert-OH is 1. The molecule has 154 valence electrons. The summed E-state index contributed by atoms with van der Waals surface area (Å²) in [4.78, 5) is 15.3. The molecule has 1 aromatic heterocycles. The van der Waals surface area contributed by atoms with Crippen LogP contribution in [0.2, 0.25) is 0 Å². The topological polar surface area (TPSA) is 89.9 Å². The largest absolute Gasteiger partial charge is 0.497 e. The van der Waals surface area contributed by atoms with Crippen LogP contribution in [0, 0.1) is 0 Å². The summed E-state index contributed by atoms with van der Waals surface area (Å²) < 4.78 is 17.1. The first-order valence-corrected chi connectivity index (χ1v) is 9.56. The van der Waals surface area contributed by atoms with Gasteiger partial charge in [0.1, 0.15) is 23.4 Å². The van der Waals surface area contributed by atoms with Crippen molar-refractivity contribution in [3.05, 3.63) is 71.9 Å². The molecule has 0 spiro atoms. The molecule has 2 N–H and O–H groups in total. The standard InChI is InChI=1S/C23H22N2O5/c1-14(26)25-16-5-10-23(24-13-16)29-18-8-9-21-19(11-18)20(27)12-22(30-21)15-3-6-17(28-2)7-4-15/h3-11,13,20,22,27H,12H2,1-2H3,(H,25,26). The summed E-state index contributed by atoms with van der Waals surface area (Å²) in [7, 11) is 1.62. The minimum absolute atomic E-state index is 0.165. The fourth-order valence-electron chi connectivity index (χ4n) is 3.35. The van der Waals surface area contributed by atoms with E-state index in [0.29, 0.717) is 35.1 Å². The van der Waals surface area contributed by atoms with Crippen molar-refractivity contribution < 1.29 is 24.1 Å². The van der Waals surface area contributed by atoms with Gasteiger partial charge in [-0.3, -0.25) is 4.79 Å². The Kier molecular flexibility index (Phi) is 5.54. The highest BCUT2D eigenvalue weighted by Gasteiger charge is 2.28. The summed E-state index contributed by atoms with van der Waals surface area (Å²) >= 11 is 0. The van der Waals surface area contributed by atoms with Crippen LogP contribution in [-0.2, 0) is 4.79 Å². The van der Waals surface area contributed by atoms with Crippen molar-refractivity contribution in [3.63, 3.8) is 0 Å². The van der Waals surface area contributed by atoms with E-state index in [0.717, 1.165) is 11.3 Å². The summed E-state index contributed by atoms with van der Waals surface area (Å²) in [6.07, 6.45) is 1.03. The predicted molar refractivity (Wildman–Crippen MR) is 111 cm³/mol. The van der Waals surface area contributed by atoms with Crippen LogP contribution in [0.5, 0.6) is 23.1 Å². The third kappa shape index (κ3) is 4.36. The number of methoxy groups -OCH3 is 1. The van der Waals surface area contributed by atoms with E-state index in [-0.39, 0.29) is 12.0 Å². The minimum Gasteiger partial charge on any atom is -0.497 e. The van der Waals surface area contributed by atoms with E-state index < -0.39 is 6.10 Å². The van der Waals surface area contributed by atoms with Gasteiger partial charge in [0, 0.05) is 25.0 Å². The number of nitrogens with zero attached hydrogens (tertiary/aromatic N) is 1. The molecule has 1 aliphatic rings. The van der Waals surface area contributed by atoms with Gasteiger partial charge in [-0.1, -0.05) is 12.1 Å². The van der Waals surface area contributed by atoms with E-state index in [9.17, 15) is 9.90 Å². The van der Waals surface area contributed by atoms with Crippen LogP contribution in [-0.4, -0.2) is 23.1 Å². The first kappa shape index (κ1) is 19.7. The Labute approximate surface area is 174 Å². The van der Waals surface area contributed by atoms with Gasteiger partial charge >= 0.3 is 0 Å². The zero-order valence-electron chi connectivity index (χ0n) is 16.7. The van der Waals surface area contributed by atoms with Crippen LogP contribution in [0.1, 0.15) is 36.7 Å². The summed E-state index contributed by atoms with van der Waals surface area (Å²) in [5.74, 6) is 2.15. The van der Waals surface area contributed by atoms with Crippen molar-refractivity contribution in [1.82, 2.24) is 4.98 Å². The van der Waals surface area contributed by atoms with Crippen LogP contribution >= 0.6 is 0 Å². The van der Waals surface area contributed by atoms with Gasteiger partial charge in [-0.05, 0) is 42.0 Å². The molecule has 2 aromatic carbocycles. The molecule has 2 heterocycles. The van der Waals surface area contributed by atoms with Gasteiger partial charge in [-0.15, -0.1) is 0 Å². The number of anilines is 1. The predicted octanol–water partition coefficient (Wildman–Crippen LogP) is 4.40. The van der Waals surface area contributed by atoms with Gasteiger partial charge in [0.2, 0.25) is 11.8 Å². The zero-order valence-corrected chi connectivity index (χ0v) is 16.7. The van der Waals surface area contributed by atoms with Gasteiger partial charge in [0.15, 0.2) is 0 Å². The third-order valence-corrected chi connectivity index (χ3v) is 4.81. The SMILES string of the molecule is COc1ccc(C2CC(O)c3cc(Oc4ccc(NC(C)=O)cn4)ccc3O2)cc1. The lowest BCUT2D eigenvalue weighted by molar-refractivity contribution is -0.114. The second kappa shape index (κ2) is 8.42. The molecule has 7 nitrogen and oxygen atoms in total. The highest BCUT2D eigenvalue weighted by Crippen LogP contribution is 2.42. The van der Waals surface area contributed by atoms with Crippen LogP contribution in [0.3, 0.4) is 0 Å². The summed E-state index contributed by atoms with van der Waals surface area (Å²) in [5.41, 5.74) is 2.24. The van der Waals surface area contributed by atoms with Crippen molar-refractivity contribution in [2.24, 2.45) is 0 Å². The molecular weight excluding hydrogens is 384 g/mol. The fraction of sp³-hybridized carbons (Fsp3) is 0.217. The zero-order chi connectivity index (χ0) is 21.1. The molecule has 2 atom stereocenters. The number of aromatic nitrogens is 1. The van der Waals surface area contributed by atoms with Crippen molar-refractivity contribution >= 4 is 11.6 Å². The van der Waals surface area contributed by atoms with Crippen LogP contribution in [0.25, 0.3) is 0 Å². The molecule has 0 aliphatic carbocycles. The number of hydrogen-bond donors (Lipinski definition) is 2. The highest BCUT2D eigenvalue weighted by atomic mass is 16.5. The summed E-state index contributed by atoms with van der Waals surface area (Å²) in [5, 5.41) is 13.3. The molecular formula is C23H22N2O5. The van der Waals surface area contributed by atoms with E-state index in [1.807, 2.05) is 24.3 Å². The number of ether oxygens (including phenoxy) is 3. The van der Waals surface area contributed by atoms with Gasteiger partial charge in [-0.2, -0.15) is 0 Å². The third-order valence-electron chi connectivity index (χ3n) is 4.81. The fourth-order valence-corrected chi connectivity index (χ4v) is 3.35. The van der Waals surface area contributed by atoms with E-state index >= 15 is 0 Å². The Morgan fingerprint density at radius 1 is 1.13 bits per heavy atom. The number of nitrogens with one attached hydrogen (secondary N) is 1. The monoisotopic (exact) mass is 406 g/mol. The molecule has 0 saturated heterocycles. The molecule has 7 heteroatoms. The van der Waals surface area contributed by atoms with Crippen molar-refractivity contribution in [3.8, 4) is 23.1 Å². The average Bonchev–Trinajstić information content (AvgIpc) is 2.75. The number of carbonyl (C=O) groups is 1. The number of aliphatic hydroxyl groups is 1. The second-order valence-electron chi connectivity index (χ2n) is 7.00. The molecule has 0 bridgehead atoms. The average molecular weight is 406 g/mol. The van der Waals surface area contributed by atoms with E-state index in [4.69, 9.17) is 14.2 Å². The number of amides is 1. The van der Waals surface area contributed by atoms with Crippen LogP contribution in [0.4, 0.5) is 5.69 Å². The molecule has 1 amide bonds. The number of rotatable bonds is 5. The molecule has 0 radical (unpaired) electrons. The van der Waals surface area contributed by atoms with E-state index in [1.54, 1.807) is 37.4 Å². The van der Waals surface area contributed by atoms with E-state index in [2.05, 4.69) is 10.3 Å². The molecule has 4 rings (SSSR count). The van der Waals surface area contributed by atoms with Crippen molar-refractivity contribution in [2.45, 2.75) is 25.6 Å². The van der Waals surface area contributed by atoms with Gasteiger partial charge in [-0.25, -0.2) is 4.98 Å². The Morgan fingerprint density at radius 3 is 2.57 bits per heavy atom. The molecule has 3 aromatic rings. The maximum atomic E-state index is 11.1. The number of hydrogen-bond acceptors (Lipinski definition) is 6. The number of pyridine rings is 1. The van der Waals surface area contributed by atoms with Crippen LogP contribution < -0.4 is 19.5 Å². The van der Waals surface area contributed by atoms with Gasteiger partial charge < -0.3 is 24.6 Å². The quantitative estimate of drug-likeness (QED) is 0.653. The Morgan fingerprint density at radius 2 is 1.90 bits per heavy atom. The highest BCUT2D eigenvalue weighted by molar-refractivity contribution is 5.88. The molecule has 2 unspecified atom stereocenters. The van der Waals surface area contributed by atoms with Gasteiger partial charge in [0.25, 0.3) is 0 Å². The normalized spacial score (nSPS) is 17.4. The lowest BCUT2D eigenvalue weighted by Crippen LogP contribution is -2.19. The Hall–Kier alpha value is -3.58. The Bertz CT molecular complexity index is 1030. The maximum absolute atomic E-state index is 11.1. The minimum atomic E-state index is -0.681. The Balaban J connectivity index is 1.48. The number of carbonyl (C=O) groups excluding carboxylic acids is 1. The molecule has 0 saturated carbocycles. The second-order valence-corrected chi connectivity index (χ2v) is 7.00. The number of benzene rings is 2. The first-order valence-electron chi connectivity index (χ1n) is 9.56. The van der Waals surface area contributed by atoms with Crippen LogP contribution in [0.15, 0.2) is 60.8 Å². The lowest BCUT2D eigenvalue weighted by Gasteiger charge is -2.30. The maximum Gasteiger partial charge on any atom is 0.221 e. The summed E-state index contributed by atoms with van der Waals surface area (Å²) in [6, 6.07) is 16.3. The van der Waals surface area contributed by atoms with Gasteiger partial charge in [0.05, 0.1) is 25.1 Å². The summed E-state index contributed by atoms with van der Waals surface area (Å²) in [6.45, 7) is 1.43. The molecule has 0 fully saturated rings. The number of fused-ring (bicyclic) bond motifs is 1. The van der Waals surface area contributed by atoms with E-state index in [1.165, 1.54) is 13.1 Å². The molecule has 1 aliphatic heterocycles.